The number of carbonyl (C=O) groups excluding carboxylic acids is 1. The minimum Gasteiger partial charge on any atom is -0.367 e. The van der Waals surface area contributed by atoms with Gasteiger partial charge in [0, 0.05) is 31.9 Å². The SMILES string of the molecule is CN1CCN(c2ccc(NC(=O)Nc3ccc(F)c(Cl)c3)c3nonc23)CC1. The predicted molar refractivity (Wildman–Crippen MR) is 106 cm³/mol. The van der Waals surface area contributed by atoms with Crippen molar-refractivity contribution in [3.8, 4) is 0 Å². The molecular weight excluding hydrogens is 387 g/mol. The van der Waals surface area contributed by atoms with Crippen molar-refractivity contribution in [3.05, 3.63) is 41.2 Å². The van der Waals surface area contributed by atoms with Crippen LogP contribution in [0.3, 0.4) is 0 Å². The number of nitrogens with zero attached hydrogens (tertiary/aromatic N) is 4. The van der Waals surface area contributed by atoms with Gasteiger partial charge >= 0.3 is 6.03 Å². The van der Waals surface area contributed by atoms with Gasteiger partial charge in [0.05, 0.1) is 16.4 Å². The zero-order valence-electron chi connectivity index (χ0n) is 15.1. The van der Waals surface area contributed by atoms with Crippen LogP contribution in [0.4, 0.5) is 26.2 Å². The number of benzene rings is 2. The maximum absolute atomic E-state index is 13.2. The van der Waals surface area contributed by atoms with Crippen molar-refractivity contribution < 1.29 is 13.8 Å². The van der Waals surface area contributed by atoms with E-state index >= 15 is 0 Å². The lowest BCUT2D eigenvalue weighted by Gasteiger charge is -2.34. The molecule has 0 bridgehead atoms. The molecule has 0 atom stereocenters. The highest BCUT2D eigenvalue weighted by Gasteiger charge is 2.21. The summed E-state index contributed by atoms with van der Waals surface area (Å²) >= 11 is 5.74. The number of urea groups is 1. The lowest BCUT2D eigenvalue weighted by atomic mass is 10.2. The van der Waals surface area contributed by atoms with E-state index in [1.165, 1.54) is 18.2 Å². The van der Waals surface area contributed by atoms with Gasteiger partial charge in [0.1, 0.15) is 5.82 Å². The van der Waals surface area contributed by atoms with Crippen LogP contribution in [-0.2, 0) is 0 Å². The van der Waals surface area contributed by atoms with Gasteiger partial charge in [-0.1, -0.05) is 11.6 Å². The molecule has 1 aliphatic heterocycles. The van der Waals surface area contributed by atoms with Crippen LogP contribution < -0.4 is 15.5 Å². The summed E-state index contributed by atoms with van der Waals surface area (Å²) in [6.45, 7) is 3.65. The number of hydrogen-bond acceptors (Lipinski definition) is 6. The van der Waals surface area contributed by atoms with Crippen LogP contribution in [0.2, 0.25) is 5.02 Å². The van der Waals surface area contributed by atoms with E-state index in [1.807, 2.05) is 6.07 Å². The first-order chi connectivity index (χ1) is 13.5. The molecule has 0 unspecified atom stereocenters. The molecule has 1 aromatic heterocycles. The number of fused-ring (bicyclic) bond motifs is 1. The van der Waals surface area contributed by atoms with E-state index in [-0.39, 0.29) is 5.02 Å². The van der Waals surface area contributed by atoms with Crippen molar-refractivity contribution in [1.29, 1.82) is 0 Å². The second-order valence-corrected chi connectivity index (χ2v) is 7.00. The minimum absolute atomic E-state index is 0.0718. The van der Waals surface area contributed by atoms with Gasteiger partial charge in [-0.05, 0) is 47.7 Å². The fraction of sp³-hybridized carbons (Fsp3) is 0.278. The highest BCUT2D eigenvalue weighted by molar-refractivity contribution is 6.31. The summed E-state index contributed by atoms with van der Waals surface area (Å²) in [5.41, 5.74) is 2.80. The molecule has 0 aliphatic carbocycles. The fourth-order valence-corrected chi connectivity index (χ4v) is 3.30. The molecule has 146 valence electrons. The van der Waals surface area contributed by atoms with Gasteiger partial charge in [0.15, 0.2) is 11.0 Å². The summed E-state index contributed by atoms with van der Waals surface area (Å²) in [5, 5.41) is 13.2. The Morgan fingerprint density at radius 2 is 1.86 bits per heavy atom. The molecule has 2 N–H and O–H groups in total. The first-order valence-electron chi connectivity index (χ1n) is 8.73. The molecule has 0 saturated carbocycles. The number of hydrogen-bond donors (Lipinski definition) is 2. The number of piperazine rings is 1. The molecule has 0 spiro atoms. The Kier molecular flexibility index (Phi) is 5.01. The highest BCUT2D eigenvalue weighted by atomic mass is 35.5. The molecule has 0 radical (unpaired) electrons. The Morgan fingerprint density at radius 1 is 1.11 bits per heavy atom. The topological polar surface area (TPSA) is 86.5 Å². The summed E-state index contributed by atoms with van der Waals surface area (Å²) in [5.74, 6) is -0.553. The molecule has 10 heteroatoms. The van der Waals surface area contributed by atoms with Crippen LogP contribution in [0.5, 0.6) is 0 Å². The first kappa shape index (κ1) is 18.5. The molecule has 2 amide bonds. The maximum Gasteiger partial charge on any atom is 0.323 e. The van der Waals surface area contributed by atoms with Gasteiger partial charge in [-0.2, -0.15) is 0 Å². The van der Waals surface area contributed by atoms with Gasteiger partial charge in [-0.15, -0.1) is 0 Å². The van der Waals surface area contributed by atoms with Crippen molar-refractivity contribution in [2.45, 2.75) is 0 Å². The maximum atomic E-state index is 13.2. The second kappa shape index (κ2) is 7.61. The summed E-state index contributed by atoms with van der Waals surface area (Å²) < 4.78 is 18.2. The van der Waals surface area contributed by atoms with E-state index in [2.05, 4.69) is 37.8 Å². The Labute approximate surface area is 165 Å². The van der Waals surface area contributed by atoms with Crippen molar-refractivity contribution in [1.82, 2.24) is 15.2 Å². The number of nitrogens with one attached hydrogen (secondary N) is 2. The number of amides is 2. The predicted octanol–water partition coefficient (Wildman–Crippen LogP) is 3.41. The van der Waals surface area contributed by atoms with Crippen LogP contribution in [0.25, 0.3) is 11.0 Å². The molecule has 2 heterocycles. The Hall–Kier alpha value is -2.91. The molecule has 8 nitrogen and oxygen atoms in total. The summed E-state index contributed by atoms with van der Waals surface area (Å²) in [4.78, 5) is 16.8. The van der Waals surface area contributed by atoms with E-state index in [9.17, 15) is 9.18 Å². The Morgan fingerprint density at radius 3 is 2.61 bits per heavy atom. The minimum atomic E-state index is -0.553. The standard InChI is InChI=1S/C18H18ClFN6O2/c1-25-6-8-26(9-7-25)15-5-4-14(16-17(15)24-28-23-16)22-18(27)21-11-2-3-13(20)12(19)10-11/h2-5,10H,6-9H2,1H3,(H2,21,22,27). The van der Waals surface area contributed by atoms with Gasteiger partial charge in [-0.3, -0.25) is 0 Å². The summed E-state index contributed by atoms with van der Waals surface area (Å²) in [6.07, 6.45) is 0. The smallest absolute Gasteiger partial charge is 0.323 e. The molecule has 1 aliphatic rings. The molecule has 1 saturated heterocycles. The van der Waals surface area contributed by atoms with Crippen molar-refractivity contribution in [2.75, 3.05) is 48.8 Å². The molecule has 1 fully saturated rings. The van der Waals surface area contributed by atoms with Gasteiger partial charge < -0.3 is 20.4 Å². The molecule has 2 aromatic carbocycles. The Balaban J connectivity index is 1.53. The third-order valence-corrected chi connectivity index (χ3v) is 4.95. The third-order valence-electron chi connectivity index (χ3n) is 4.66. The summed E-state index contributed by atoms with van der Waals surface area (Å²) in [6, 6.07) is 7.08. The first-order valence-corrected chi connectivity index (χ1v) is 9.11. The largest absolute Gasteiger partial charge is 0.367 e. The fourth-order valence-electron chi connectivity index (χ4n) is 3.12. The average Bonchev–Trinajstić information content (AvgIpc) is 3.16. The number of aromatic nitrogens is 2. The van der Waals surface area contributed by atoms with E-state index in [1.54, 1.807) is 6.07 Å². The second-order valence-electron chi connectivity index (χ2n) is 6.59. The quantitative estimate of drug-likeness (QED) is 0.695. The van der Waals surface area contributed by atoms with Crippen molar-refractivity contribution in [3.63, 3.8) is 0 Å². The number of carbonyl (C=O) groups is 1. The van der Waals surface area contributed by atoms with Gasteiger partial charge in [-0.25, -0.2) is 13.8 Å². The van der Waals surface area contributed by atoms with E-state index in [0.717, 1.165) is 31.9 Å². The highest BCUT2D eigenvalue weighted by Crippen LogP contribution is 2.30. The molecular formula is C18H18ClFN6O2. The lowest BCUT2D eigenvalue weighted by Crippen LogP contribution is -2.44. The molecule has 3 aromatic rings. The van der Waals surface area contributed by atoms with Crippen LogP contribution in [0.15, 0.2) is 35.0 Å². The van der Waals surface area contributed by atoms with Crippen LogP contribution >= 0.6 is 11.6 Å². The van der Waals surface area contributed by atoms with E-state index in [0.29, 0.717) is 22.4 Å². The molecule has 4 rings (SSSR count). The Bertz CT molecular complexity index is 1020. The molecule has 28 heavy (non-hydrogen) atoms. The van der Waals surface area contributed by atoms with Gasteiger partial charge in [0.25, 0.3) is 0 Å². The zero-order valence-corrected chi connectivity index (χ0v) is 15.8. The van der Waals surface area contributed by atoms with Crippen LogP contribution in [0, 0.1) is 5.82 Å². The van der Waals surface area contributed by atoms with E-state index < -0.39 is 11.8 Å². The monoisotopic (exact) mass is 404 g/mol. The number of rotatable bonds is 3. The van der Waals surface area contributed by atoms with Crippen LogP contribution in [0.1, 0.15) is 0 Å². The van der Waals surface area contributed by atoms with E-state index in [4.69, 9.17) is 16.2 Å². The summed E-state index contributed by atoms with van der Waals surface area (Å²) in [7, 11) is 2.09. The normalized spacial score (nSPS) is 15.0. The van der Waals surface area contributed by atoms with Crippen molar-refractivity contribution >= 4 is 45.7 Å². The lowest BCUT2D eigenvalue weighted by molar-refractivity contribution is 0.262. The third kappa shape index (κ3) is 3.71. The zero-order chi connectivity index (χ0) is 19.7. The van der Waals surface area contributed by atoms with Crippen LogP contribution in [-0.4, -0.2) is 54.5 Å². The number of halogens is 2. The number of likely N-dealkylation sites (N-methyl/N-ethyl adjacent to an activating group) is 1. The van der Waals surface area contributed by atoms with Crippen molar-refractivity contribution in [2.24, 2.45) is 0 Å². The van der Waals surface area contributed by atoms with Gasteiger partial charge in [0.2, 0.25) is 0 Å². The average molecular weight is 405 g/mol. The number of anilines is 3.